The number of anilines is 1. The van der Waals surface area contributed by atoms with Gasteiger partial charge < -0.3 is 15.0 Å². The lowest BCUT2D eigenvalue weighted by molar-refractivity contribution is 0.420. The number of methoxy groups -OCH3 is 1. The van der Waals surface area contributed by atoms with E-state index < -0.39 is 0 Å². The van der Waals surface area contributed by atoms with Gasteiger partial charge in [0, 0.05) is 24.3 Å². The van der Waals surface area contributed by atoms with Gasteiger partial charge in [-0.1, -0.05) is 6.07 Å². The van der Waals surface area contributed by atoms with E-state index in [-0.39, 0.29) is 0 Å². The Bertz CT molecular complexity index is 698. The van der Waals surface area contributed by atoms with Crippen LogP contribution in [0.2, 0.25) is 0 Å². The number of rotatable bonds is 4. The van der Waals surface area contributed by atoms with Crippen molar-refractivity contribution in [2.24, 2.45) is 0 Å². The molecule has 2 heterocycles. The standard InChI is InChI=1S/C14H16N4O/c1-19-14-4-2-3-13-12(14)5-6-17(13)7-8-18-10-11(15)9-16-18/h2-6,9-10H,7-8,15H2,1H3. The van der Waals surface area contributed by atoms with Gasteiger partial charge >= 0.3 is 0 Å². The van der Waals surface area contributed by atoms with Crippen LogP contribution >= 0.6 is 0 Å². The summed E-state index contributed by atoms with van der Waals surface area (Å²) in [4.78, 5) is 0. The predicted octanol–water partition coefficient (Wildman–Crippen LogP) is 2.13. The second kappa shape index (κ2) is 4.68. The number of aromatic nitrogens is 3. The highest BCUT2D eigenvalue weighted by molar-refractivity contribution is 5.86. The zero-order valence-electron chi connectivity index (χ0n) is 10.8. The van der Waals surface area contributed by atoms with Crippen LogP contribution in [0, 0.1) is 0 Å². The molecule has 0 amide bonds. The third-order valence-corrected chi connectivity index (χ3v) is 3.22. The number of nitrogen functional groups attached to an aromatic ring is 1. The smallest absolute Gasteiger partial charge is 0.128 e. The maximum atomic E-state index is 5.65. The molecular formula is C14H16N4O. The lowest BCUT2D eigenvalue weighted by Crippen LogP contribution is -2.06. The van der Waals surface area contributed by atoms with E-state index in [0.717, 1.165) is 24.2 Å². The second-order valence-electron chi connectivity index (χ2n) is 4.44. The van der Waals surface area contributed by atoms with Gasteiger partial charge in [0.1, 0.15) is 5.75 Å². The molecule has 0 saturated carbocycles. The average Bonchev–Trinajstić information content (AvgIpc) is 3.02. The third kappa shape index (κ3) is 2.14. The van der Waals surface area contributed by atoms with Gasteiger partial charge in [-0.05, 0) is 18.2 Å². The summed E-state index contributed by atoms with van der Waals surface area (Å²) in [6.07, 6.45) is 5.57. The molecule has 0 aliphatic heterocycles. The van der Waals surface area contributed by atoms with Gasteiger partial charge in [0.25, 0.3) is 0 Å². The van der Waals surface area contributed by atoms with Crippen molar-refractivity contribution in [1.29, 1.82) is 0 Å². The van der Waals surface area contributed by atoms with Gasteiger partial charge in [0.2, 0.25) is 0 Å². The van der Waals surface area contributed by atoms with Crippen molar-refractivity contribution in [2.45, 2.75) is 13.1 Å². The lowest BCUT2D eigenvalue weighted by Gasteiger charge is -2.07. The molecule has 0 radical (unpaired) electrons. The van der Waals surface area contributed by atoms with Gasteiger partial charge in [0.15, 0.2) is 0 Å². The van der Waals surface area contributed by atoms with Crippen molar-refractivity contribution in [3.8, 4) is 5.75 Å². The highest BCUT2D eigenvalue weighted by atomic mass is 16.5. The molecule has 0 saturated heterocycles. The Labute approximate surface area is 111 Å². The van der Waals surface area contributed by atoms with Crippen LogP contribution in [0.5, 0.6) is 5.75 Å². The second-order valence-corrected chi connectivity index (χ2v) is 4.44. The summed E-state index contributed by atoms with van der Waals surface area (Å²) in [5.41, 5.74) is 7.51. The summed E-state index contributed by atoms with van der Waals surface area (Å²) >= 11 is 0. The zero-order chi connectivity index (χ0) is 13.2. The molecule has 3 aromatic rings. The topological polar surface area (TPSA) is 58.0 Å². The Morgan fingerprint density at radius 1 is 1.26 bits per heavy atom. The summed E-state index contributed by atoms with van der Waals surface area (Å²) in [6.45, 7) is 1.63. The van der Waals surface area contributed by atoms with Crippen molar-refractivity contribution in [3.05, 3.63) is 42.9 Å². The average molecular weight is 256 g/mol. The molecule has 0 bridgehead atoms. The molecule has 2 aromatic heterocycles. The summed E-state index contributed by atoms with van der Waals surface area (Å²) in [5.74, 6) is 0.902. The molecule has 0 unspecified atom stereocenters. The van der Waals surface area contributed by atoms with Crippen molar-refractivity contribution in [3.63, 3.8) is 0 Å². The van der Waals surface area contributed by atoms with Crippen molar-refractivity contribution in [2.75, 3.05) is 12.8 Å². The van der Waals surface area contributed by atoms with E-state index in [9.17, 15) is 0 Å². The molecule has 98 valence electrons. The molecule has 2 N–H and O–H groups in total. The normalized spacial score (nSPS) is 11.0. The van der Waals surface area contributed by atoms with Crippen LogP contribution < -0.4 is 10.5 Å². The van der Waals surface area contributed by atoms with Crippen LogP contribution in [0.15, 0.2) is 42.9 Å². The van der Waals surface area contributed by atoms with Crippen LogP contribution in [0.1, 0.15) is 0 Å². The van der Waals surface area contributed by atoms with E-state index in [1.54, 1.807) is 13.3 Å². The fourth-order valence-corrected chi connectivity index (χ4v) is 2.28. The molecule has 19 heavy (non-hydrogen) atoms. The molecule has 0 aliphatic rings. The Balaban J connectivity index is 1.85. The van der Waals surface area contributed by atoms with Gasteiger partial charge in [0.05, 0.1) is 31.1 Å². The molecule has 5 heteroatoms. The largest absolute Gasteiger partial charge is 0.496 e. The van der Waals surface area contributed by atoms with E-state index in [0.29, 0.717) is 5.69 Å². The number of fused-ring (bicyclic) bond motifs is 1. The van der Waals surface area contributed by atoms with Gasteiger partial charge in [-0.25, -0.2) is 0 Å². The van der Waals surface area contributed by atoms with Crippen LogP contribution in [-0.4, -0.2) is 21.5 Å². The number of benzene rings is 1. The number of ether oxygens (including phenoxy) is 1. The fourth-order valence-electron chi connectivity index (χ4n) is 2.28. The first-order valence-corrected chi connectivity index (χ1v) is 6.18. The summed E-state index contributed by atoms with van der Waals surface area (Å²) in [7, 11) is 1.69. The summed E-state index contributed by atoms with van der Waals surface area (Å²) < 4.78 is 9.40. The maximum absolute atomic E-state index is 5.65. The Morgan fingerprint density at radius 3 is 2.89 bits per heavy atom. The van der Waals surface area contributed by atoms with Gasteiger partial charge in [-0.15, -0.1) is 0 Å². The number of aryl methyl sites for hydroxylation is 2. The van der Waals surface area contributed by atoms with Gasteiger partial charge in [-0.3, -0.25) is 4.68 Å². The Hall–Kier alpha value is -2.43. The Kier molecular flexibility index (Phi) is 2.87. The van der Waals surface area contributed by atoms with Crippen LogP contribution in [0.3, 0.4) is 0 Å². The van der Waals surface area contributed by atoms with E-state index >= 15 is 0 Å². The fraction of sp³-hybridized carbons (Fsp3) is 0.214. The number of hydrogen-bond donors (Lipinski definition) is 1. The molecule has 0 spiro atoms. The highest BCUT2D eigenvalue weighted by Crippen LogP contribution is 2.26. The molecular weight excluding hydrogens is 240 g/mol. The monoisotopic (exact) mass is 256 g/mol. The van der Waals surface area contributed by atoms with E-state index in [2.05, 4.69) is 28.0 Å². The third-order valence-electron chi connectivity index (χ3n) is 3.22. The summed E-state index contributed by atoms with van der Waals surface area (Å²) in [5, 5.41) is 5.31. The van der Waals surface area contributed by atoms with Crippen LogP contribution in [-0.2, 0) is 13.1 Å². The first-order valence-electron chi connectivity index (χ1n) is 6.18. The van der Waals surface area contributed by atoms with E-state index in [1.807, 2.05) is 23.0 Å². The SMILES string of the molecule is COc1cccc2c1ccn2CCn1cc(N)cn1. The van der Waals surface area contributed by atoms with E-state index in [4.69, 9.17) is 10.5 Å². The van der Waals surface area contributed by atoms with Crippen molar-refractivity contribution < 1.29 is 4.74 Å². The zero-order valence-corrected chi connectivity index (χ0v) is 10.8. The quantitative estimate of drug-likeness (QED) is 0.778. The number of nitrogens with two attached hydrogens (primary N) is 1. The van der Waals surface area contributed by atoms with Crippen LogP contribution in [0.4, 0.5) is 5.69 Å². The molecule has 0 aliphatic carbocycles. The van der Waals surface area contributed by atoms with Gasteiger partial charge in [-0.2, -0.15) is 5.10 Å². The van der Waals surface area contributed by atoms with Crippen molar-refractivity contribution in [1.82, 2.24) is 14.3 Å². The molecule has 3 rings (SSSR count). The minimum atomic E-state index is 0.694. The molecule has 1 aromatic carbocycles. The van der Waals surface area contributed by atoms with Crippen molar-refractivity contribution >= 4 is 16.6 Å². The molecule has 0 fully saturated rings. The first-order chi connectivity index (χ1) is 9.28. The highest BCUT2D eigenvalue weighted by Gasteiger charge is 2.05. The van der Waals surface area contributed by atoms with E-state index in [1.165, 1.54) is 5.52 Å². The molecule has 5 nitrogen and oxygen atoms in total. The number of hydrogen-bond acceptors (Lipinski definition) is 3. The predicted molar refractivity (Wildman–Crippen MR) is 75.1 cm³/mol. The first kappa shape index (κ1) is 11.6. The lowest BCUT2D eigenvalue weighted by atomic mass is 10.2. The minimum absolute atomic E-state index is 0.694. The minimum Gasteiger partial charge on any atom is -0.496 e. The summed E-state index contributed by atoms with van der Waals surface area (Å²) in [6, 6.07) is 8.14. The number of nitrogens with zero attached hydrogens (tertiary/aromatic N) is 3. The van der Waals surface area contributed by atoms with Crippen LogP contribution in [0.25, 0.3) is 10.9 Å². The maximum Gasteiger partial charge on any atom is 0.128 e. The molecule has 0 atom stereocenters. The Morgan fingerprint density at radius 2 is 2.16 bits per heavy atom.